The van der Waals surface area contributed by atoms with Crippen LogP contribution in [0.2, 0.25) is 18.1 Å². The Labute approximate surface area is 158 Å². The van der Waals surface area contributed by atoms with Crippen molar-refractivity contribution in [2.45, 2.75) is 51.4 Å². The summed E-state index contributed by atoms with van der Waals surface area (Å²) < 4.78 is 6.55. The smallest absolute Gasteiger partial charge is 0.192 e. The highest BCUT2D eigenvalue weighted by Gasteiger charge is 2.39. The molecule has 1 aliphatic carbocycles. The average molecular weight is 369 g/mol. The molecule has 0 spiro atoms. The number of benzene rings is 1. The minimum Gasteiger partial charge on any atom is -0.416 e. The first kappa shape index (κ1) is 18.0. The highest BCUT2D eigenvalue weighted by Crippen LogP contribution is 2.41. The third-order valence-corrected chi connectivity index (χ3v) is 11.3. The van der Waals surface area contributed by atoms with Gasteiger partial charge in [-0.1, -0.05) is 39.0 Å². The molecule has 1 aliphatic heterocycles. The Morgan fingerprint density at radius 1 is 1.27 bits per heavy atom. The molecule has 2 atom stereocenters. The van der Waals surface area contributed by atoms with Gasteiger partial charge in [0.25, 0.3) is 0 Å². The number of aromatic nitrogens is 1. The molecule has 1 aromatic heterocycles. The summed E-state index contributed by atoms with van der Waals surface area (Å²) in [4.78, 5) is 5.98. The number of aromatic amines is 1. The zero-order valence-corrected chi connectivity index (χ0v) is 18.0. The Hall–Kier alpha value is -1.36. The first-order chi connectivity index (χ1) is 12.2. The van der Waals surface area contributed by atoms with Crippen LogP contribution in [0.5, 0.6) is 0 Å². The number of fused-ring (bicyclic) bond motifs is 2. The van der Waals surface area contributed by atoms with Gasteiger partial charge < -0.3 is 9.41 Å². The third kappa shape index (κ3) is 2.88. The number of hydrogen-bond acceptors (Lipinski definition) is 2. The first-order valence-corrected chi connectivity index (χ1v) is 12.7. The van der Waals surface area contributed by atoms with Crippen molar-refractivity contribution in [3.63, 3.8) is 0 Å². The molecule has 140 valence electrons. The average Bonchev–Trinajstić information content (AvgIpc) is 2.98. The maximum absolute atomic E-state index is 6.55. The fourth-order valence-corrected chi connectivity index (χ4v) is 5.25. The van der Waals surface area contributed by atoms with E-state index in [-0.39, 0.29) is 5.04 Å². The van der Waals surface area contributed by atoms with Gasteiger partial charge in [-0.15, -0.1) is 0 Å². The van der Waals surface area contributed by atoms with Gasteiger partial charge in [0.15, 0.2) is 8.32 Å². The van der Waals surface area contributed by atoms with Crippen molar-refractivity contribution in [2.75, 3.05) is 20.2 Å². The summed E-state index contributed by atoms with van der Waals surface area (Å²) in [6.07, 6.45) is 5.82. The van der Waals surface area contributed by atoms with Crippen LogP contribution in [0, 0.1) is 5.92 Å². The van der Waals surface area contributed by atoms with Gasteiger partial charge in [-0.05, 0) is 54.4 Å². The van der Waals surface area contributed by atoms with Gasteiger partial charge in [0.1, 0.15) is 0 Å². The van der Waals surface area contributed by atoms with E-state index in [0.29, 0.717) is 12.0 Å². The summed E-state index contributed by atoms with van der Waals surface area (Å²) in [7, 11) is 0.570. The Bertz CT molecular complexity index is 859. The molecule has 0 saturated heterocycles. The lowest BCUT2D eigenvalue weighted by Crippen LogP contribution is -2.46. The van der Waals surface area contributed by atoms with E-state index in [9.17, 15) is 0 Å². The minimum atomic E-state index is -1.70. The number of H-pyrrole nitrogens is 1. The molecule has 0 radical (unpaired) electrons. The molecule has 4 heteroatoms. The van der Waals surface area contributed by atoms with Gasteiger partial charge in [0.2, 0.25) is 0 Å². The van der Waals surface area contributed by atoms with Gasteiger partial charge in [-0.3, -0.25) is 4.90 Å². The van der Waals surface area contributed by atoms with E-state index >= 15 is 0 Å². The molecule has 0 bridgehead atoms. The van der Waals surface area contributed by atoms with Crippen LogP contribution in [0.1, 0.15) is 31.9 Å². The molecule has 2 aromatic rings. The molecule has 26 heavy (non-hydrogen) atoms. The lowest BCUT2D eigenvalue weighted by atomic mass is 9.80. The molecule has 3 nitrogen and oxygen atoms in total. The number of nitrogens with zero attached hydrogens (tertiary/aromatic N) is 1. The second kappa shape index (κ2) is 6.08. The lowest BCUT2D eigenvalue weighted by Gasteiger charge is -2.42. The van der Waals surface area contributed by atoms with E-state index in [0.717, 1.165) is 19.6 Å². The van der Waals surface area contributed by atoms with Crippen molar-refractivity contribution in [1.82, 2.24) is 9.88 Å². The van der Waals surface area contributed by atoms with Crippen molar-refractivity contribution >= 4 is 24.8 Å². The second-order valence-electron chi connectivity index (χ2n) is 9.65. The van der Waals surface area contributed by atoms with Crippen molar-refractivity contribution in [3.8, 4) is 0 Å². The van der Waals surface area contributed by atoms with Gasteiger partial charge in [0.05, 0.1) is 0 Å². The lowest BCUT2D eigenvalue weighted by molar-refractivity contribution is 0.184. The first-order valence-electron chi connectivity index (χ1n) is 9.82. The van der Waals surface area contributed by atoms with Gasteiger partial charge in [-0.25, -0.2) is 0 Å². The summed E-state index contributed by atoms with van der Waals surface area (Å²) in [6.45, 7) is 13.6. The topological polar surface area (TPSA) is 28.3 Å². The summed E-state index contributed by atoms with van der Waals surface area (Å²) in [5.74, 6) is 0.469. The predicted octanol–water partition coefficient (Wildman–Crippen LogP) is 5.06. The fraction of sp³-hybridized carbons (Fsp3) is 0.545. The standard InChI is InChI=1S/C22H32N2OSi/c1-22(2,3)26(5,6)25-14-15-10-18-17-8-7-9-19-21(17)16(12-23-19)11-20(18)24(4)13-15/h7-10,12,15,20,23H,11,13-14H2,1-6H3. The van der Waals surface area contributed by atoms with E-state index < -0.39 is 8.32 Å². The third-order valence-electron chi connectivity index (χ3n) is 6.80. The highest BCUT2D eigenvalue weighted by atomic mass is 28.4. The Balaban J connectivity index is 1.64. The van der Waals surface area contributed by atoms with E-state index in [4.69, 9.17) is 4.43 Å². The van der Waals surface area contributed by atoms with Gasteiger partial charge >= 0.3 is 0 Å². The summed E-state index contributed by atoms with van der Waals surface area (Å²) in [6, 6.07) is 7.15. The van der Waals surface area contributed by atoms with Crippen LogP contribution in [-0.2, 0) is 10.8 Å². The van der Waals surface area contributed by atoms with Crippen LogP contribution in [0.4, 0.5) is 0 Å². The van der Waals surface area contributed by atoms with E-state index in [1.54, 1.807) is 0 Å². The predicted molar refractivity (Wildman–Crippen MR) is 113 cm³/mol. The molecule has 0 fully saturated rings. The zero-order chi connectivity index (χ0) is 18.7. The van der Waals surface area contributed by atoms with Crippen molar-refractivity contribution in [1.29, 1.82) is 0 Å². The Kier molecular flexibility index (Phi) is 4.21. The number of rotatable bonds is 3. The van der Waals surface area contributed by atoms with Gasteiger partial charge in [-0.2, -0.15) is 0 Å². The largest absolute Gasteiger partial charge is 0.416 e. The molecule has 0 amide bonds. The highest BCUT2D eigenvalue weighted by molar-refractivity contribution is 6.74. The second-order valence-corrected chi connectivity index (χ2v) is 14.5. The number of likely N-dealkylation sites (N-methyl/N-ethyl adjacent to an activating group) is 1. The molecular formula is C22H32N2OSi. The molecule has 4 rings (SSSR count). The van der Waals surface area contributed by atoms with Crippen LogP contribution in [-0.4, -0.2) is 44.4 Å². The van der Waals surface area contributed by atoms with Crippen LogP contribution in [0.25, 0.3) is 16.5 Å². The van der Waals surface area contributed by atoms with E-state index in [1.165, 1.54) is 27.6 Å². The molecule has 1 aromatic carbocycles. The maximum Gasteiger partial charge on any atom is 0.192 e. The van der Waals surface area contributed by atoms with Crippen LogP contribution in [0.3, 0.4) is 0 Å². The molecule has 2 aliphatic rings. The molecule has 2 heterocycles. The van der Waals surface area contributed by atoms with Crippen LogP contribution in [0.15, 0.2) is 30.5 Å². The Morgan fingerprint density at radius 2 is 2.04 bits per heavy atom. The molecule has 2 unspecified atom stereocenters. The molecular weight excluding hydrogens is 336 g/mol. The Morgan fingerprint density at radius 3 is 2.77 bits per heavy atom. The quantitative estimate of drug-likeness (QED) is 0.767. The number of hydrogen-bond donors (Lipinski definition) is 1. The summed E-state index contributed by atoms with van der Waals surface area (Å²) in [5.41, 5.74) is 5.64. The summed E-state index contributed by atoms with van der Waals surface area (Å²) >= 11 is 0. The van der Waals surface area contributed by atoms with Gasteiger partial charge in [0, 0.05) is 42.2 Å². The van der Waals surface area contributed by atoms with Crippen molar-refractivity contribution < 1.29 is 4.43 Å². The van der Waals surface area contributed by atoms with Crippen molar-refractivity contribution in [3.05, 3.63) is 41.6 Å². The van der Waals surface area contributed by atoms with Crippen LogP contribution >= 0.6 is 0 Å². The van der Waals surface area contributed by atoms with E-state index in [2.05, 4.69) is 81.3 Å². The van der Waals surface area contributed by atoms with Crippen LogP contribution < -0.4 is 0 Å². The zero-order valence-electron chi connectivity index (χ0n) is 17.0. The normalized spacial score (nSPS) is 23.8. The van der Waals surface area contributed by atoms with Crippen molar-refractivity contribution in [2.24, 2.45) is 5.92 Å². The fourth-order valence-electron chi connectivity index (χ4n) is 4.19. The molecule has 1 N–H and O–H groups in total. The monoisotopic (exact) mass is 368 g/mol. The summed E-state index contributed by atoms with van der Waals surface area (Å²) in [5, 5.41) is 1.69. The maximum atomic E-state index is 6.55. The molecule has 0 saturated carbocycles. The SMILES string of the molecule is CN1CC(CO[Si](C)(C)C(C)(C)C)C=C2c3cccc4[nH]cc(c34)CC21. The number of nitrogens with one attached hydrogen (secondary N) is 1. The minimum absolute atomic E-state index is 0.264. The van der Waals surface area contributed by atoms with E-state index in [1.807, 2.05) is 0 Å².